The minimum atomic E-state index is -0.00456. The lowest BCUT2D eigenvalue weighted by Gasteiger charge is -2.29. The molecule has 0 saturated carbocycles. The van der Waals surface area contributed by atoms with Crippen LogP contribution in [-0.2, 0) is 7.05 Å². The number of benzene rings is 2. The molecule has 6 rings (SSSR count). The van der Waals surface area contributed by atoms with Gasteiger partial charge in [0.2, 0.25) is 0 Å². The number of para-hydroxylation sites is 2. The second-order valence-corrected chi connectivity index (χ2v) is 7.36. The number of fused-ring (bicyclic) bond motifs is 10. The van der Waals surface area contributed by atoms with Gasteiger partial charge in [0.25, 0.3) is 0 Å². The lowest BCUT2D eigenvalue weighted by molar-refractivity contribution is 0.546. The van der Waals surface area contributed by atoms with Crippen LogP contribution in [-0.4, -0.2) is 22.3 Å². The van der Waals surface area contributed by atoms with Crippen molar-refractivity contribution in [2.24, 2.45) is 12.8 Å². The average molecular weight is 328 g/mol. The van der Waals surface area contributed by atoms with E-state index in [9.17, 15) is 0 Å². The summed E-state index contributed by atoms with van der Waals surface area (Å²) in [7, 11) is 2.18. The molecule has 1 fully saturated rings. The summed E-state index contributed by atoms with van der Waals surface area (Å²) in [6.07, 6.45) is -0.00456. The van der Waals surface area contributed by atoms with Crippen molar-refractivity contribution in [3.8, 4) is 11.4 Å². The summed E-state index contributed by atoms with van der Waals surface area (Å²) in [5.41, 5.74) is 14.4. The third-order valence-electron chi connectivity index (χ3n) is 6.23. The quantitative estimate of drug-likeness (QED) is 0.463. The van der Waals surface area contributed by atoms with Gasteiger partial charge in [0.05, 0.1) is 17.6 Å². The lowest BCUT2D eigenvalue weighted by Crippen LogP contribution is -2.35. The fourth-order valence-corrected chi connectivity index (χ4v) is 5.23. The predicted molar refractivity (Wildman–Crippen MR) is 102 cm³/mol. The maximum Gasteiger partial charge on any atom is 0.0693 e. The van der Waals surface area contributed by atoms with Gasteiger partial charge < -0.3 is 20.6 Å². The first-order chi connectivity index (χ1) is 12.3. The van der Waals surface area contributed by atoms with Crippen molar-refractivity contribution in [3.63, 3.8) is 0 Å². The van der Waals surface area contributed by atoms with Gasteiger partial charge >= 0.3 is 0 Å². The van der Waals surface area contributed by atoms with E-state index in [0.717, 1.165) is 6.54 Å². The Morgan fingerprint density at radius 1 is 1.00 bits per heavy atom. The van der Waals surface area contributed by atoms with E-state index < -0.39 is 0 Å². The molecule has 0 amide bonds. The van der Waals surface area contributed by atoms with E-state index in [4.69, 9.17) is 5.73 Å². The molecule has 3 unspecified atom stereocenters. The van der Waals surface area contributed by atoms with Gasteiger partial charge in [-0.3, -0.25) is 0 Å². The standard InChI is InChI=1S/C21H20N4/c1-25-15-9-5-3-7-12(15)16-13-10-23-21(22)18(13)17-11-6-2-4-8-14(11)24-19(17)20(16)25/h2-9,13,18,21,23-24H,10,22H2,1H3. The highest BCUT2D eigenvalue weighted by atomic mass is 15.1. The van der Waals surface area contributed by atoms with Crippen molar-refractivity contribution in [2.75, 3.05) is 6.54 Å². The summed E-state index contributed by atoms with van der Waals surface area (Å²) in [4.78, 5) is 3.70. The average Bonchev–Trinajstić information content (AvgIpc) is 3.28. The molecule has 4 N–H and O–H groups in total. The zero-order valence-electron chi connectivity index (χ0n) is 14.1. The van der Waals surface area contributed by atoms with Crippen molar-refractivity contribution in [1.29, 1.82) is 0 Å². The number of H-pyrrole nitrogens is 1. The molecule has 124 valence electrons. The van der Waals surface area contributed by atoms with Gasteiger partial charge in [0.15, 0.2) is 0 Å². The van der Waals surface area contributed by atoms with Crippen LogP contribution in [0.5, 0.6) is 0 Å². The molecule has 4 aromatic rings. The molecule has 2 aromatic heterocycles. The van der Waals surface area contributed by atoms with Gasteiger partial charge in [-0.1, -0.05) is 36.4 Å². The van der Waals surface area contributed by atoms with Crippen LogP contribution in [0.15, 0.2) is 48.5 Å². The summed E-state index contributed by atoms with van der Waals surface area (Å²) in [6, 6.07) is 17.3. The number of aromatic amines is 1. The van der Waals surface area contributed by atoms with Crippen LogP contribution < -0.4 is 11.1 Å². The summed E-state index contributed by atoms with van der Waals surface area (Å²) in [5.74, 6) is 0.729. The summed E-state index contributed by atoms with van der Waals surface area (Å²) in [5, 5.41) is 6.19. The molecule has 0 spiro atoms. The van der Waals surface area contributed by atoms with Crippen molar-refractivity contribution in [2.45, 2.75) is 18.0 Å². The Morgan fingerprint density at radius 3 is 2.64 bits per heavy atom. The molecular formula is C21H20N4. The number of rotatable bonds is 0. The van der Waals surface area contributed by atoms with Crippen LogP contribution in [0.1, 0.15) is 23.0 Å². The molecule has 3 heterocycles. The first kappa shape index (κ1) is 13.7. The smallest absolute Gasteiger partial charge is 0.0693 e. The number of aryl methyl sites for hydroxylation is 1. The highest BCUT2D eigenvalue weighted by molar-refractivity contribution is 5.99. The van der Waals surface area contributed by atoms with E-state index in [2.05, 4.69) is 70.4 Å². The number of hydrogen-bond donors (Lipinski definition) is 3. The molecule has 4 heteroatoms. The van der Waals surface area contributed by atoms with Gasteiger partial charge in [-0.15, -0.1) is 0 Å². The van der Waals surface area contributed by atoms with Gasteiger partial charge in [-0.25, -0.2) is 0 Å². The second kappa shape index (κ2) is 4.54. The first-order valence-electron chi connectivity index (χ1n) is 8.93. The predicted octanol–water partition coefficient (Wildman–Crippen LogP) is 3.40. The largest absolute Gasteiger partial charge is 0.353 e. The Hall–Kier alpha value is -2.56. The van der Waals surface area contributed by atoms with Gasteiger partial charge in [0.1, 0.15) is 0 Å². The third-order valence-corrected chi connectivity index (χ3v) is 6.23. The molecule has 1 saturated heterocycles. The highest BCUT2D eigenvalue weighted by Crippen LogP contribution is 2.54. The number of aromatic nitrogens is 2. The lowest BCUT2D eigenvalue weighted by atomic mass is 9.75. The molecule has 4 nitrogen and oxygen atoms in total. The van der Waals surface area contributed by atoms with Crippen LogP contribution in [0.4, 0.5) is 0 Å². The summed E-state index contributed by atoms with van der Waals surface area (Å²) in [6.45, 7) is 0.936. The molecular weight excluding hydrogens is 308 g/mol. The Morgan fingerprint density at radius 2 is 1.76 bits per heavy atom. The minimum Gasteiger partial charge on any atom is -0.353 e. The topological polar surface area (TPSA) is 58.8 Å². The number of nitrogens with zero attached hydrogens (tertiary/aromatic N) is 1. The van der Waals surface area contributed by atoms with Crippen molar-refractivity contribution < 1.29 is 0 Å². The van der Waals surface area contributed by atoms with E-state index in [-0.39, 0.29) is 6.17 Å². The van der Waals surface area contributed by atoms with Crippen LogP contribution >= 0.6 is 0 Å². The van der Waals surface area contributed by atoms with Gasteiger partial charge in [0, 0.05) is 47.2 Å². The molecule has 0 bridgehead atoms. The summed E-state index contributed by atoms with van der Waals surface area (Å²) >= 11 is 0. The maximum atomic E-state index is 6.53. The Labute approximate surface area is 145 Å². The van der Waals surface area contributed by atoms with Gasteiger partial charge in [-0.05, 0) is 23.3 Å². The van der Waals surface area contributed by atoms with E-state index in [1.54, 1.807) is 0 Å². The van der Waals surface area contributed by atoms with E-state index >= 15 is 0 Å². The second-order valence-electron chi connectivity index (χ2n) is 7.36. The fraction of sp³-hybridized carbons (Fsp3) is 0.238. The molecule has 25 heavy (non-hydrogen) atoms. The molecule has 1 aliphatic carbocycles. The molecule has 2 aliphatic rings. The number of hydrogen-bond acceptors (Lipinski definition) is 2. The van der Waals surface area contributed by atoms with Crippen LogP contribution in [0.3, 0.4) is 0 Å². The highest BCUT2D eigenvalue weighted by Gasteiger charge is 2.45. The summed E-state index contributed by atoms with van der Waals surface area (Å²) < 4.78 is 2.35. The third kappa shape index (κ3) is 1.54. The molecule has 2 aromatic carbocycles. The van der Waals surface area contributed by atoms with Crippen molar-refractivity contribution in [3.05, 3.63) is 59.7 Å². The van der Waals surface area contributed by atoms with Crippen molar-refractivity contribution >= 4 is 21.8 Å². The molecule has 0 radical (unpaired) electrons. The van der Waals surface area contributed by atoms with E-state index in [1.807, 2.05) is 0 Å². The Balaban J connectivity index is 1.82. The molecule has 3 atom stereocenters. The van der Waals surface area contributed by atoms with Crippen LogP contribution in [0.25, 0.3) is 33.2 Å². The monoisotopic (exact) mass is 328 g/mol. The van der Waals surface area contributed by atoms with Crippen LogP contribution in [0.2, 0.25) is 0 Å². The van der Waals surface area contributed by atoms with Crippen molar-refractivity contribution in [1.82, 2.24) is 14.9 Å². The van der Waals surface area contributed by atoms with E-state index in [1.165, 1.54) is 44.3 Å². The van der Waals surface area contributed by atoms with Gasteiger partial charge in [-0.2, -0.15) is 0 Å². The zero-order chi connectivity index (χ0) is 16.7. The Bertz CT molecular complexity index is 1150. The fourth-order valence-electron chi connectivity index (χ4n) is 5.23. The molecule has 1 aliphatic heterocycles. The SMILES string of the molecule is Cn1c2c(c3ccccc31)C1CNC(N)C1c1c-2[nH]c2ccccc12. The zero-order valence-corrected chi connectivity index (χ0v) is 14.1. The first-order valence-corrected chi connectivity index (χ1v) is 8.93. The number of nitrogens with one attached hydrogen (secondary N) is 2. The maximum absolute atomic E-state index is 6.53. The Kier molecular flexibility index (Phi) is 2.49. The van der Waals surface area contributed by atoms with Crippen LogP contribution in [0, 0.1) is 0 Å². The number of nitrogens with two attached hydrogens (primary N) is 1. The van der Waals surface area contributed by atoms with E-state index in [0.29, 0.717) is 11.8 Å². The normalized spacial score (nSPS) is 24.5. The minimum absolute atomic E-state index is 0.00456.